The summed E-state index contributed by atoms with van der Waals surface area (Å²) in [5.74, 6) is 1.70. The lowest BCUT2D eigenvalue weighted by Gasteiger charge is -2.47. The minimum Gasteiger partial charge on any atom is -0.490 e. The van der Waals surface area contributed by atoms with Crippen LogP contribution >= 0.6 is 0 Å². The lowest BCUT2D eigenvalue weighted by Crippen LogP contribution is -2.57. The highest BCUT2D eigenvalue weighted by Gasteiger charge is 2.40. The maximum absolute atomic E-state index is 11.6. The average Bonchev–Trinajstić information content (AvgIpc) is 2.68. The van der Waals surface area contributed by atoms with Gasteiger partial charge in [0.15, 0.2) is 11.5 Å². The first-order valence-electron chi connectivity index (χ1n) is 10.6. The van der Waals surface area contributed by atoms with E-state index in [4.69, 9.17) is 14.2 Å². The number of hydrogen-bond donors (Lipinski definition) is 0. The van der Waals surface area contributed by atoms with Gasteiger partial charge in [0.05, 0.1) is 18.8 Å². The van der Waals surface area contributed by atoms with Crippen LogP contribution in [0.4, 0.5) is 0 Å². The van der Waals surface area contributed by atoms with Crippen LogP contribution in [0.3, 0.4) is 0 Å². The van der Waals surface area contributed by atoms with Crippen molar-refractivity contribution in [2.24, 2.45) is 0 Å². The van der Waals surface area contributed by atoms with Crippen LogP contribution in [0.15, 0.2) is 30.4 Å². The maximum Gasteiger partial charge on any atom is 0.219 e. The average molecular weight is 403 g/mol. The van der Waals surface area contributed by atoms with E-state index in [1.165, 1.54) is 5.56 Å². The van der Waals surface area contributed by atoms with Crippen molar-refractivity contribution in [3.63, 3.8) is 0 Å². The van der Waals surface area contributed by atoms with Crippen molar-refractivity contribution in [2.75, 3.05) is 46.0 Å². The van der Waals surface area contributed by atoms with E-state index in [9.17, 15) is 4.79 Å². The Balaban J connectivity index is 1.64. The van der Waals surface area contributed by atoms with Gasteiger partial charge >= 0.3 is 0 Å². The SMILES string of the molecule is C=C(C)COc1ccc(CN2CCOC3(CCN(C(C)=O)CC3)C2)cc1OCC. The molecule has 0 N–H and O–H groups in total. The third kappa shape index (κ3) is 5.73. The lowest BCUT2D eigenvalue weighted by atomic mass is 9.89. The third-order valence-electron chi connectivity index (χ3n) is 5.64. The van der Waals surface area contributed by atoms with Crippen LogP contribution < -0.4 is 9.47 Å². The van der Waals surface area contributed by atoms with Gasteiger partial charge in [0, 0.05) is 39.6 Å². The van der Waals surface area contributed by atoms with E-state index in [2.05, 4.69) is 23.6 Å². The molecule has 2 aliphatic rings. The first-order chi connectivity index (χ1) is 13.9. The van der Waals surface area contributed by atoms with Gasteiger partial charge in [-0.3, -0.25) is 9.69 Å². The van der Waals surface area contributed by atoms with Gasteiger partial charge in [0.25, 0.3) is 0 Å². The summed E-state index contributed by atoms with van der Waals surface area (Å²) in [6, 6.07) is 6.18. The predicted octanol–water partition coefficient (Wildman–Crippen LogP) is 3.25. The Kier molecular flexibility index (Phi) is 7.19. The van der Waals surface area contributed by atoms with E-state index in [1.807, 2.05) is 24.8 Å². The smallest absolute Gasteiger partial charge is 0.219 e. The molecule has 6 heteroatoms. The summed E-state index contributed by atoms with van der Waals surface area (Å²) >= 11 is 0. The molecule has 1 aromatic rings. The second kappa shape index (κ2) is 9.63. The number of amides is 1. The Hall–Kier alpha value is -2.05. The number of piperidine rings is 1. The number of hydrogen-bond acceptors (Lipinski definition) is 5. The van der Waals surface area contributed by atoms with Gasteiger partial charge in [-0.25, -0.2) is 0 Å². The molecule has 0 atom stereocenters. The van der Waals surface area contributed by atoms with Crippen molar-refractivity contribution in [3.8, 4) is 11.5 Å². The van der Waals surface area contributed by atoms with Crippen molar-refractivity contribution in [1.82, 2.24) is 9.80 Å². The van der Waals surface area contributed by atoms with Gasteiger partial charge in [-0.05, 0) is 50.0 Å². The van der Waals surface area contributed by atoms with Crippen LogP contribution in [0, 0.1) is 0 Å². The fourth-order valence-electron chi connectivity index (χ4n) is 4.09. The molecular formula is C23H34N2O4. The number of rotatable bonds is 7. The molecule has 2 fully saturated rings. The number of nitrogens with zero attached hydrogens (tertiary/aromatic N) is 2. The molecule has 0 unspecified atom stereocenters. The highest BCUT2D eigenvalue weighted by molar-refractivity contribution is 5.73. The third-order valence-corrected chi connectivity index (χ3v) is 5.64. The fourth-order valence-corrected chi connectivity index (χ4v) is 4.09. The summed E-state index contributed by atoms with van der Waals surface area (Å²) in [7, 11) is 0. The van der Waals surface area contributed by atoms with Gasteiger partial charge in [0.1, 0.15) is 6.61 Å². The number of carbonyl (C=O) groups is 1. The van der Waals surface area contributed by atoms with Gasteiger partial charge in [-0.15, -0.1) is 0 Å². The van der Waals surface area contributed by atoms with Gasteiger partial charge in [0.2, 0.25) is 5.91 Å². The molecule has 0 aliphatic carbocycles. The summed E-state index contributed by atoms with van der Waals surface area (Å²) in [5, 5.41) is 0. The fraction of sp³-hybridized carbons (Fsp3) is 0.609. The molecule has 0 radical (unpaired) electrons. The Morgan fingerprint density at radius 3 is 2.59 bits per heavy atom. The topological polar surface area (TPSA) is 51.2 Å². The van der Waals surface area contributed by atoms with Gasteiger partial charge in [-0.2, -0.15) is 0 Å². The predicted molar refractivity (Wildman–Crippen MR) is 113 cm³/mol. The monoisotopic (exact) mass is 402 g/mol. The van der Waals surface area contributed by atoms with Gasteiger partial charge in [-0.1, -0.05) is 12.6 Å². The van der Waals surface area contributed by atoms with E-state index < -0.39 is 0 Å². The lowest BCUT2D eigenvalue weighted by molar-refractivity contribution is -0.149. The van der Waals surface area contributed by atoms with Crippen LogP contribution in [0.1, 0.15) is 39.2 Å². The van der Waals surface area contributed by atoms with Crippen molar-refractivity contribution >= 4 is 5.91 Å². The molecule has 0 saturated carbocycles. The zero-order valence-electron chi connectivity index (χ0n) is 18.0. The van der Waals surface area contributed by atoms with E-state index in [0.717, 1.165) is 69.2 Å². The zero-order valence-corrected chi connectivity index (χ0v) is 18.0. The van der Waals surface area contributed by atoms with E-state index in [1.54, 1.807) is 6.92 Å². The number of benzene rings is 1. The normalized spacial score (nSPS) is 19.2. The molecule has 2 heterocycles. The van der Waals surface area contributed by atoms with Crippen LogP contribution in [-0.2, 0) is 16.1 Å². The van der Waals surface area contributed by atoms with Crippen molar-refractivity contribution in [3.05, 3.63) is 35.9 Å². The number of ether oxygens (including phenoxy) is 3. The highest BCUT2D eigenvalue weighted by Crippen LogP contribution is 2.33. The molecule has 3 rings (SSSR count). The number of carbonyl (C=O) groups excluding carboxylic acids is 1. The molecule has 2 aliphatic heterocycles. The van der Waals surface area contributed by atoms with E-state index in [-0.39, 0.29) is 11.5 Å². The minimum absolute atomic E-state index is 0.127. The molecule has 1 spiro atoms. The Labute approximate surface area is 174 Å². The van der Waals surface area contributed by atoms with Crippen molar-refractivity contribution in [2.45, 2.75) is 45.8 Å². The van der Waals surface area contributed by atoms with Crippen LogP contribution in [0.25, 0.3) is 0 Å². The second-order valence-corrected chi connectivity index (χ2v) is 8.21. The maximum atomic E-state index is 11.6. The van der Waals surface area contributed by atoms with Crippen LogP contribution in [0.5, 0.6) is 11.5 Å². The Morgan fingerprint density at radius 1 is 1.17 bits per heavy atom. The van der Waals surface area contributed by atoms with Crippen LogP contribution in [-0.4, -0.2) is 67.3 Å². The summed E-state index contributed by atoms with van der Waals surface area (Å²) in [6.45, 7) is 15.5. The van der Waals surface area contributed by atoms with E-state index in [0.29, 0.717) is 13.2 Å². The largest absolute Gasteiger partial charge is 0.490 e. The zero-order chi connectivity index (χ0) is 20.9. The summed E-state index contributed by atoms with van der Waals surface area (Å²) in [4.78, 5) is 16.0. The molecular weight excluding hydrogens is 368 g/mol. The van der Waals surface area contributed by atoms with E-state index >= 15 is 0 Å². The minimum atomic E-state index is -0.127. The molecule has 160 valence electrons. The van der Waals surface area contributed by atoms with Crippen molar-refractivity contribution < 1.29 is 19.0 Å². The standard InChI is InChI=1S/C23H34N2O4/c1-5-27-22-14-20(6-7-21(22)28-16-18(2)3)15-24-12-13-29-23(17-24)8-10-25(11-9-23)19(4)26/h6-7,14H,2,5,8-13,15-17H2,1,3-4H3. The number of morpholine rings is 1. The first kappa shape index (κ1) is 21.7. The Morgan fingerprint density at radius 2 is 1.93 bits per heavy atom. The van der Waals surface area contributed by atoms with Gasteiger partial charge < -0.3 is 19.1 Å². The first-order valence-corrected chi connectivity index (χ1v) is 10.6. The van der Waals surface area contributed by atoms with Crippen LogP contribution in [0.2, 0.25) is 0 Å². The molecule has 29 heavy (non-hydrogen) atoms. The quantitative estimate of drug-likeness (QED) is 0.656. The highest BCUT2D eigenvalue weighted by atomic mass is 16.5. The molecule has 1 aromatic carbocycles. The summed E-state index contributed by atoms with van der Waals surface area (Å²) in [5.41, 5.74) is 2.05. The molecule has 0 aromatic heterocycles. The number of likely N-dealkylation sites (tertiary alicyclic amines) is 1. The Bertz CT molecular complexity index is 726. The molecule has 1 amide bonds. The molecule has 0 bridgehead atoms. The summed E-state index contributed by atoms with van der Waals surface area (Å²) in [6.07, 6.45) is 1.81. The molecule has 2 saturated heterocycles. The molecule has 6 nitrogen and oxygen atoms in total. The second-order valence-electron chi connectivity index (χ2n) is 8.21. The summed E-state index contributed by atoms with van der Waals surface area (Å²) < 4.78 is 17.8. The van der Waals surface area contributed by atoms with Crippen molar-refractivity contribution in [1.29, 1.82) is 0 Å².